The number of aromatic nitrogens is 2. The summed E-state index contributed by atoms with van der Waals surface area (Å²) in [6, 6.07) is 0. The van der Waals surface area contributed by atoms with Crippen molar-refractivity contribution in [1.29, 1.82) is 0 Å². The van der Waals surface area contributed by atoms with E-state index in [1.165, 1.54) is 0 Å². The van der Waals surface area contributed by atoms with Gasteiger partial charge < -0.3 is 4.42 Å². The Labute approximate surface area is 145 Å². The molecule has 0 aliphatic heterocycles. The smallest absolute Gasteiger partial charge is 0.319 e. The lowest BCUT2D eigenvalue weighted by Gasteiger charge is -2.21. The van der Waals surface area contributed by atoms with Gasteiger partial charge in [-0.05, 0) is 11.3 Å². The molecule has 2 heterocycles. The third kappa shape index (κ3) is 4.22. The maximum absolute atomic E-state index is 12.0. The lowest BCUT2D eigenvalue weighted by molar-refractivity contribution is -0.127. The average molecular weight is 355 g/mol. The summed E-state index contributed by atoms with van der Waals surface area (Å²) >= 11 is 3.18. The molecule has 0 unspecified atom stereocenters. The third-order valence-electron chi connectivity index (χ3n) is 3.51. The molecule has 2 aromatic rings. The largest absolute Gasteiger partial charge is 0.444 e. The van der Waals surface area contributed by atoms with E-state index in [9.17, 15) is 4.79 Å². The molecule has 5 nitrogen and oxygen atoms in total. The van der Waals surface area contributed by atoms with Gasteiger partial charge in [-0.2, -0.15) is 4.98 Å². The summed E-state index contributed by atoms with van der Waals surface area (Å²) in [5.41, 5.74) is -0.0322. The summed E-state index contributed by atoms with van der Waals surface area (Å²) in [6.07, 6.45) is 4.12. The molecule has 2 rings (SSSR count). The van der Waals surface area contributed by atoms with E-state index < -0.39 is 0 Å². The van der Waals surface area contributed by atoms with Crippen LogP contribution in [0.4, 0.5) is 5.13 Å². The monoisotopic (exact) mass is 354 g/mol. The van der Waals surface area contributed by atoms with E-state index in [2.05, 4.69) is 30.7 Å². The lowest BCUT2D eigenvalue weighted by Crippen LogP contribution is -2.46. The maximum Gasteiger partial charge on any atom is 0.319 e. The summed E-state index contributed by atoms with van der Waals surface area (Å²) in [5.74, 6) is 2.42. The van der Waals surface area contributed by atoms with Gasteiger partial charge >= 0.3 is 5.91 Å². The van der Waals surface area contributed by atoms with Crippen molar-refractivity contribution in [3.05, 3.63) is 24.0 Å². The molecule has 0 fully saturated rings. The molecule has 0 atom stereocenters. The van der Waals surface area contributed by atoms with Gasteiger partial charge in [-0.25, -0.2) is 14.3 Å². The maximum atomic E-state index is 12.0. The first-order valence-electron chi connectivity index (χ1n) is 7.56. The van der Waals surface area contributed by atoms with Crippen LogP contribution in [0.1, 0.15) is 45.8 Å². The van der Waals surface area contributed by atoms with Crippen LogP contribution in [0.2, 0.25) is 0 Å². The highest BCUT2D eigenvalue weighted by Crippen LogP contribution is 2.35. The highest BCUT2D eigenvalue weighted by Gasteiger charge is 2.31. The predicted molar refractivity (Wildman–Crippen MR) is 95.8 cm³/mol. The van der Waals surface area contributed by atoms with E-state index in [4.69, 9.17) is 4.42 Å². The summed E-state index contributed by atoms with van der Waals surface area (Å²) in [6.45, 7) is 8.18. The Morgan fingerprint density at radius 1 is 1.30 bits per heavy atom. The fourth-order valence-corrected chi connectivity index (χ4v) is 3.82. The number of hydrogen-bond acceptors (Lipinski definition) is 6. The zero-order valence-corrected chi connectivity index (χ0v) is 16.2. The average Bonchev–Trinajstić information content (AvgIpc) is 3.12. The van der Waals surface area contributed by atoms with Crippen molar-refractivity contribution in [1.82, 2.24) is 14.5 Å². The number of quaternary nitrogens is 1. The Morgan fingerprint density at radius 3 is 2.57 bits per heavy atom. The van der Waals surface area contributed by atoms with Crippen LogP contribution in [-0.4, -0.2) is 30.0 Å². The van der Waals surface area contributed by atoms with Gasteiger partial charge in [0.25, 0.3) is 5.13 Å². The molecule has 7 heteroatoms. The van der Waals surface area contributed by atoms with Crippen LogP contribution in [0, 0.1) is 0 Å². The Kier molecular flexibility index (Phi) is 5.33. The van der Waals surface area contributed by atoms with E-state index in [0.717, 1.165) is 15.1 Å². The molecule has 23 heavy (non-hydrogen) atoms. The SMILES string of the molecule is CCC(=O)[N+](C)(C)c1ncc(SCc2ncc(C(C)(C)C)o2)s1. The molecule has 0 aliphatic carbocycles. The summed E-state index contributed by atoms with van der Waals surface area (Å²) in [4.78, 5) is 20.8. The Morgan fingerprint density at radius 2 is 2.00 bits per heavy atom. The first kappa shape index (κ1) is 18.2. The molecule has 0 saturated heterocycles. The number of oxazole rings is 1. The molecule has 0 radical (unpaired) electrons. The van der Waals surface area contributed by atoms with Crippen molar-refractivity contribution in [2.24, 2.45) is 0 Å². The lowest BCUT2D eigenvalue weighted by atomic mass is 9.94. The van der Waals surface area contributed by atoms with Crippen molar-refractivity contribution in [3.8, 4) is 0 Å². The van der Waals surface area contributed by atoms with Crippen molar-refractivity contribution >= 4 is 34.1 Å². The second-order valence-corrected chi connectivity index (χ2v) is 9.10. The van der Waals surface area contributed by atoms with Gasteiger partial charge in [0.1, 0.15) is 5.76 Å². The van der Waals surface area contributed by atoms with E-state index >= 15 is 0 Å². The number of thiazole rings is 1. The molecular formula is C16H24N3O2S2+. The van der Waals surface area contributed by atoms with Crippen LogP contribution >= 0.6 is 23.1 Å². The van der Waals surface area contributed by atoms with Gasteiger partial charge in [0.05, 0.1) is 42.9 Å². The minimum Gasteiger partial charge on any atom is -0.444 e. The predicted octanol–water partition coefficient (Wildman–Crippen LogP) is 4.22. The zero-order chi connectivity index (χ0) is 17.3. The summed E-state index contributed by atoms with van der Waals surface area (Å²) in [5, 5.41) is 0.808. The van der Waals surface area contributed by atoms with Crippen molar-refractivity contribution < 1.29 is 9.21 Å². The molecule has 2 aromatic heterocycles. The van der Waals surface area contributed by atoms with Gasteiger partial charge in [-0.3, -0.25) is 0 Å². The van der Waals surface area contributed by atoms with Crippen molar-refractivity contribution in [2.45, 2.75) is 49.5 Å². The van der Waals surface area contributed by atoms with Gasteiger partial charge in [0, 0.05) is 5.41 Å². The molecule has 0 aromatic carbocycles. The highest BCUT2D eigenvalue weighted by molar-refractivity contribution is 8.00. The number of carbonyl (C=O) groups is 1. The van der Waals surface area contributed by atoms with Gasteiger partial charge in [-0.15, -0.1) is 11.8 Å². The van der Waals surface area contributed by atoms with Gasteiger partial charge in [0.15, 0.2) is 0 Å². The van der Waals surface area contributed by atoms with Crippen LogP contribution in [0.5, 0.6) is 0 Å². The van der Waals surface area contributed by atoms with E-state index in [-0.39, 0.29) is 15.8 Å². The molecule has 0 bridgehead atoms. The molecule has 0 spiro atoms. The number of rotatable bonds is 5. The number of amides is 1. The molecule has 1 amide bonds. The highest BCUT2D eigenvalue weighted by atomic mass is 32.2. The molecule has 126 valence electrons. The van der Waals surface area contributed by atoms with Gasteiger partial charge in [0.2, 0.25) is 5.89 Å². The number of thioether (sulfide) groups is 1. The fraction of sp³-hybridized carbons (Fsp3) is 0.562. The topological polar surface area (TPSA) is 56.0 Å². The van der Waals surface area contributed by atoms with Crippen LogP contribution in [-0.2, 0) is 16.0 Å². The number of hydrogen-bond donors (Lipinski definition) is 0. The van der Waals surface area contributed by atoms with Crippen LogP contribution in [0.25, 0.3) is 0 Å². The molecule has 0 aliphatic rings. The second kappa shape index (κ2) is 6.75. The van der Waals surface area contributed by atoms with Crippen LogP contribution in [0.15, 0.2) is 21.0 Å². The Balaban J connectivity index is 2.03. The summed E-state index contributed by atoms with van der Waals surface area (Å²) < 4.78 is 7.04. The Bertz CT molecular complexity index is 684. The minimum absolute atomic E-state index is 0.0322. The number of carbonyl (C=O) groups excluding carboxylic acids is 1. The number of nitrogens with zero attached hydrogens (tertiary/aromatic N) is 3. The molecule has 0 saturated carbocycles. The fourth-order valence-electron chi connectivity index (χ4n) is 1.93. The minimum atomic E-state index is -0.0322. The van der Waals surface area contributed by atoms with Gasteiger partial charge in [-0.1, -0.05) is 27.7 Å². The van der Waals surface area contributed by atoms with Crippen molar-refractivity contribution in [3.63, 3.8) is 0 Å². The summed E-state index contributed by atoms with van der Waals surface area (Å²) in [7, 11) is 3.76. The van der Waals surface area contributed by atoms with E-state index in [1.807, 2.05) is 27.2 Å². The van der Waals surface area contributed by atoms with E-state index in [0.29, 0.717) is 18.1 Å². The quantitative estimate of drug-likeness (QED) is 0.594. The van der Waals surface area contributed by atoms with Crippen LogP contribution in [0.3, 0.4) is 0 Å². The molecule has 0 N–H and O–H groups in total. The normalized spacial score (nSPS) is 12.6. The first-order valence-corrected chi connectivity index (χ1v) is 9.36. The standard InChI is InChI=1S/C16H24N3O2S2/c1-7-13(20)19(5,6)15-18-9-14(23-15)22-10-12-17-8-11(21-12)16(2,3)4/h8-9H,7,10H2,1-6H3/q+1. The van der Waals surface area contributed by atoms with Crippen LogP contribution < -0.4 is 4.48 Å². The molecular weight excluding hydrogens is 330 g/mol. The first-order chi connectivity index (χ1) is 10.6. The third-order valence-corrected chi connectivity index (χ3v) is 5.94. The zero-order valence-electron chi connectivity index (χ0n) is 14.5. The second-order valence-electron chi connectivity index (χ2n) is 6.82. The Hall–Kier alpha value is -1.18. The van der Waals surface area contributed by atoms with Crippen molar-refractivity contribution in [2.75, 3.05) is 14.1 Å². The van der Waals surface area contributed by atoms with E-state index in [1.54, 1.807) is 29.3 Å².